The van der Waals surface area contributed by atoms with Gasteiger partial charge in [0.2, 0.25) is 0 Å². The maximum Gasteiger partial charge on any atom is 2.00 e. The Bertz CT molecular complexity index is 6380. The fourth-order valence-corrected chi connectivity index (χ4v) is 13.7. The Kier molecular flexibility index (Phi) is 22.9. The molecule has 0 saturated carbocycles. The van der Waals surface area contributed by atoms with E-state index in [4.69, 9.17) is 39.9 Å². The molecule has 0 bridgehead atoms. The molecule has 5 aromatic carbocycles. The molecule has 13 heterocycles. The number of aromatic nitrogens is 13. The van der Waals surface area contributed by atoms with Crippen molar-refractivity contribution < 1.29 is 63.2 Å². The van der Waals surface area contributed by atoms with E-state index in [0.717, 1.165) is 178 Å². The van der Waals surface area contributed by atoms with E-state index in [1.165, 1.54) is 11.1 Å². The van der Waals surface area contributed by atoms with Crippen LogP contribution in [0.3, 0.4) is 0 Å². The standard InChI is InChI=1S/C34H31N5.2C31H24N4.3Pt/c1-33(2,3)27-19-22(25-15-10-11-18-35-25)29-31(37-27)32-30(39-29)23(20-28(38-32)34(4,5)6)26-17-12-16-24(36-26)21-13-8-7-9-14-21;1-31(2,3)21-16-22-24-18-32-19-25(27-12-7-8-15-33-27)30(24)35-29(22)23(17-21)28-14-9-13-26(34-28)20-10-5-4-6-11-20;1-31(2,3)21-16-22-24-18-32-19-25(28-14-9-13-26(34-28)20-10-5-4-6-11-20)30(24)35-29(22)23(17-21)27-12-7-8-15-33-27;;;/h7-13,15-20H,1-6H3;2*4-10,12-19H,1-3H3;;;/q3*-2;3*+2. The molecule has 13 aromatic heterocycles. The number of benzene rings is 5. The van der Waals surface area contributed by atoms with Crippen molar-refractivity contribution in [3.8, 4) is 101 Å². The third-order valence-corrected chi connectivity index (χ3v) is 19.6. The van der Waals surface area contributed by atoms with E-state index < -0.39 is 0 Å². The molecule has 558 valence electrons. The van der Waals surface area contributed by atoms with E-state index in [1.807, 2.05) is 207 Å². The monoisotopic (exact) mass is 2000 g/mol. The van der Waals surface area contributed by atoms with Crippen LogP contribution in [-0.2, 0) is 84.9 Å². The van der Waals surface area contributed by atoms with Crippen LogP contribution in [0.2, 0.25) is 0 Å². The SMILES string of the molecule is CC(C)(C)c1cc(-c2cccc(-c3[c-]cccc3)n2)c2[n-]c3c(-c4ccccn4)cncc3c2c1.CC(C)(C)c1cc(-c2ccccn2)c2[n-]c3c(-c4cccc(-c5[c-]cccc5)n4)cc(C(C)(C)C)nc3c2n1.CC(C)(C)c1cc(-c2ccccn2)c2[n-]c3c(-c4cccc(-c5[c-]cccc5)n4)cncc3c2c1.[Pt+2].[Pt+2].[Pt+2]. The summed E-state index contributed by atoms with van der Waals surface area (Å²) in [4.78, 5) is 64.0. The van der Waals surface area contributed by atoms with Crippen molar-refractivity contribution >= 4 is 65.7 Å². The van der Waals surface area contributed by atoms with Crippen LogP contribution in [0.15, 0.2) is 262 Å². The topological polar surface area (TPSA) is 171 Å². The Morgan fingerprint density at radius 2 is 0.562 bits per heavy atom. The molecule has 0 unspecified atom stereocenters. The van der Waals surface area contributed by atoms with Gasteiger partial charge in [0.15, 0.2) is 0 Å². The summed E-state index contributed by atoms with van der Waals surface area (Å²) in [6, 6.07) is 83.0. The molecule has 0 spiro atoms. The molecule has 112 heavy (non-hydrogen) atoms. The van der Waals surface area contributed by atoms with E-state index >= 15 is 0 Å². The molecule has 18 aromatic rings. The van der Waals surface area contributed by atoms with Crippen molar-refractivity contribution in [2.75, 3.05) is 0 Å². The average molecular weight is 2000 g/mol. The van der Waals surface area contributed by atoms with Gasteiger partial charge in [-0.2, -0.15) is 0 Å². The normalized spacial score (nSPS) is 11.7. The molecule has 0 aliphatic carbocycles. The van der Waals surface area contributed by atoms with Gasteiger partial charge in [-0.25, -0.2) is 0 Å². The minimum atomic E-state index is -0.178. The zero-order valence-electron chi connectivity index (χ0n) is 64.1. The molecule has 16 heteroatoms. The summed E-state index contributed by atoms with van der Waals surface area (Å²) in [5.41, 5.74) is 27.5. The maximum absolute atomic E-state index is 5.20. The van der Waals surface area contributed by atoms with Crippen LogP contribution >= 0.6 is 0 Å². The molecule has 0 amide bonds. The van der Waals surface area contributed by atoms with Crippen LogP contribution in [0.1, 0.15) is 106 Å². The Labute approximate surface area is 696 Å². The van der Waals surface area contributed by atoms with Gasteiger partial charge in [-0.3, -0.25) is 49.8 Å². The van der Waals surface area contributed by atoms with Gasteiger partial charge in [-0.15, -0.1) is 130 Å². The summed E-state index contributed by atoms with van der Waals surface area (Å²) in [5.74, 6) is 0. The molecular weight excluding hydrogens is 1920 g/mol. The molecule has 18 rings (SSSR count). The zero-order valence-corrected chi connectivity index (χ0v) is 70.9. The van der Waals surface area contributed by atoms with Crippen molar-refractivity contribution in [1.29, 1.82) is 0 Å². The third-order valence-electron chi connectivity index (χ3n) is 19.6. The zero-order chi connectivity index (χ0) is 75.3. The Hall–Kier alpha value is -10.9. The Morgan fingerprint density at radius 3 is 0.911 bits per heavy atom. The number of rotatable bonds is 9. The van der Waals surface area contributed by atoms with E-state index in [1.54, 1.807) is 6.20 Å². The minimum absolute atomic E-state index is 0. The van der Waals surface area contributed by atoms with Crippen molar-refractivity contribution in [3.05, 3.63) is 302 Å². The second kappa shape index (κ2) is 32.4. The van der Waals surface area contributed by atoms with Gasteiger partial charge in [-0.05, 0) is 150 Å². The molecule has 0 aliphatic heterocycles. The summed E-state index contributed by atoms with van der Waals surface area (Å²) in [7, 11) is 0. The molecule has 0 fully saturated rings. The largest absolute Gasteiger partial charge is 2.00 e. The minimum Gasteiger partial charge on any atom is -0.656 e. The van der Waals surface area contributed by atoms with Gasteiger partial charge in [0.25, 0.3) is 0 Å². The summed E-state index contributed by atoms with van der Waals surface area (Å²) >= 11 is 0. The fraction of sp³-hybridized carbons (Fsp3) is 0.167. The summed E-state index contributed by atoms with van der Waals surface area (Å²) in [5, 5.41) is 4.24. The fourth-order valence-electron chi connectivity index (χ4n) is 13.7. The van der Waals surface area contributed by atoms with Gasteiger partial charge >= 0.3 is 63.2 Å². The molecule has 0 saturated heterocycles. The number of hydrogen-bond donors (Lipinski definition) is 0. The summed E-state index contributed by atoms with van der Waals surface area (Å²) in [6.45, 7) is 26.5. The predicted octanol–water partition coefficient (Wildman–Crippen LogP) is 22.4. The van der Waals surface area contributed by atoms with Crippen molar-refractivity contribution in [2.24, 2.45) is 0 Å². The Morgan fingerprint density at radius 1 is 0.259 bits per heavy atom. The molecule has 0 N–H and O–H groups in total. The first-order valence-corrected chi connectivity index (χ1v) is 36.8. The van der Waals surface area contributed by atoms with Crippen molar-refractivity contribution in [1.82, 2.24) is 64.8 Å². The molecule has 13 nitrogen and oxygen atoms in total. The van der Waals surface area contributed by atoms with E-state index in [0.29, 0.717) is 0 Å². The first kappa shape index (κ1) is 79.2. The summed E-state index contributed by atoms with van der Waals surface area (Å²) < 4.78 is 0. The van der Waals surface area contributed by atoms with Gasteiger partial charge in [0.05, 0.1) is 45.2 Å². The van der Waals surface area contributed by atoms with Gasteiger partial charge in [0, 0.05) is 76.7 Å². The van der Waals surface area contributed by atoms with E-state index in [9.17, 15) is 0 Å². The smallest absolute Gasteiger partial charge is 0.656 e. The summed E-state index contributed by atoms with van der Waals surface area (Å²) in [6.07, 6.45) is 13.0. The number of fused-ring (bicyclic) bond motifs is 9. The van der Waals surface area contributed by atoms with Crippen LogP contribution in [0.5, 0.6) is 0 Å². The predicted molar refractivity (Wildman–Crippen MR) is 443 cm³/mol. The number of pyridine rings is 10. The van der Waals surface area contributed by atoms with Crippen molar-refractivity contribution in [3.63, 3.8) is 0 Å². The van der Waals surface area contributed by atoms with Crippen LogP contribution < -0.4 is 15.0 Å². The molecule has 0 radical (unpaired) electrons. The molecule has 0 atom stereocenters. The number of nitrogens with zero attached hydrogens (tertiary/aromatic N) is 13. The van der Waals surface area contributed by atoms with Crippen LogP contribution in [0.4, 0.5) is 0 Å². The second-order valence-electron chi connectivity index (χ2n) is 31.5. The first-order valence-electron chi connectivity index (χ1n) is 36.8. The van der Waals surface area contributed by atoms with Crippen molar-refractivity contribution in [2.45, 2.75) is 105 Å². The third kappa shape index (κ3) is 16.1. The van der Waals surface area contributed by atoms with Crippen LogP contribution in [0, 0.1) is 18.2 Å². The van der Waals surface area contributed by atoms with E-state index in [2.05, 4.69) is 175 Å². The van der Waals surface area contributed by atoms with Gasteiger partial charge in [0.1, 0.15) is 0 Å². The second-order valence-corrected chi connectivity index (χ2v) is 31.5. The average Bonchev–Trinajstić information content (AvgIpc) is 1.60. The number of hydrogen-bond acceptors (Lipinski definition) is 10. The quantitative estimate of drug-likeness (QED) is 0.125. The maximum atomic E-state index is 5.20. The Balaban J connectivity index is 0.000000145. The molecule has 0 aliphatic rings. The van der Waals surface area contributed by atoms with E-state index in [-0.39, 0.29) is 84.9 Å². The van der Waals surface area contributed by atoms with Crippen LogP contribution in [-0.4, -0.2) is 49.8 Å². The first-order chi connectivity index (χ1) is 52.6. The van der Waals surface area contributed by atoms with Gasteiger partial charge in [-0.1, -0.05) is 173 Å². The van der Waals surface area contributed by atoms with Crippen LogP contribution in [0.25, 0.3) is 167 Å². The van der Waals surface area contributed by atoms with Gasteiger partial charge < -0.3 is 15.0 Å². The molecular formula is C96H79N13Pt3.